The van der Waals surface area contributed by atoms with Gasteiger partial charge in [-0.2, -0.15) is 0 Å². The summed E-state index contributed by atoms with van der Waals surface area (Å²) in [6.07, 6.45) is 6.39. The van der Waals surface area contributed by atoms with Crippen LogP contribution in [-0.4, -0.2) is 66.1 Å². The molecule has 0 saturated carbocycles. The van der Waals surface area contributed by atoms with E-state index in [1.54, 1.807) is 64.4 Å². The molecule has 0 bridgehead atoms. The highest BCUT2D eigenvalue weighted by Gasteiger charge is 2.36. The molecule has 12 nitrogen and oxygen atoms in total. The standard InChI is InChI=1S/2C31H31F2N3O3/c2*1-17-27(18(2)39-35-17)20-14-26-29(34-16-20)22-9-8-21(31(3,4)37)15-25(22)36(26)30(19-10-12-38-13-11-19)23-6-5-7-24(32)28(23)33/h2*5-9,14-16,19,30,37H,10-13H2,1-4H3. The first-order chi connectivity index (χ1) is 37.3. The Bertz CT molecular complexity index is 3600. The van der Waals surface area contributed by atoms with Crippen LogP contribution in [0.5, 0.6) is 0 Å². The Hall–Kier alpha value is -7.24. The number of ether oxygens (including phenoxy) is 2. The SMILES string of the molecule is Cc1noc(C)c1-c1cnc2c3ccc(C(C)(C)O)cc3n(C(c3cccc(F)c3F)C3CCOCC3)c2c1.Cc1noc(C)c1-c1cnc2c3ccc(C(C)(C)O)cc3n(C(c3cccc(F)c3F)C3CCOCC3)c2c1. The van der Waals surface area contributed by atoms with E-state index in [9.17, 15) is 19.0 Å². The van der Waals surface area contributed by atoms with Crippen LogP contribution in [0.2, 0.25) is 0 Å². The van der Waals surface area contributed by atoms with E-state index in [1.807, 2.05) is 76.2 Å². The number of pyridine rings is 2. The summed E-state index contributed by atoms with van der Waals surface area (Å²) in [6, 6.07) is 23.3. The molecule has 2 N–H and O–H groups in total. The molecule has 78 heavy (non-hydrogen) atoms. The predicted molar refractivity (Wildman–Crippen MR) is 291 cm³/mol. The number of aliphatic hydroxyl groups is 2. The molecule has 2 aliphatic rings. The smallest absolute Gasteiger partial charge is 0.164 e. The first-order valence-corrected chi connectivity index (χ1v) is 26.5. The molecule has 2 unspecified atom stereocenters. The molecule has 0 aliphatic carbocycles. The van der Waals surface area contributed by atoms with E-state index >= 15 is 8.78 Å². The average Bonchev–Trinajstić information content (AvgIpc) is 4.35. The number of rotatable bonds is 10. The van der Waals surface area contributed by atoms with Crippen LogP contribution < -0.4 is 0 Å². The van der Waals surface area contributed by atoms with Crippen LogP contribution in [0.3, 0.4) is 0 Å². The maximum Gasteiger partial charge on any atom is 0.164 e. The summed E-state index contributed by atoms with van der Waals surface area (Å²) in [6.45, 7) is 16.6. The molecule has 0 spiro atoms. The molecular formula is C62H62F4N6O6. The summed E-state index contributed by atoms with van der Waals surface area (Å²) in [5, 5.41) is 31.7. The number of fused-ring (bicyclic) bond motifs is 6. The number of benzene rings is 4. The van der Waals surface area contributed by atoms with Crippen molar-refractivity contribution in [2.24, 2.45) is 11.8 Å². The van der Waals surface area contributed by atoms with Crippen molar-refractivity contribution in [1.29, 1.82) is 0 Å². The van der Waals surface area contributed by atoms with Crippen LogP contribution in [0.25, 0.3) is 66.1 Å². The maximum atomic E-state index is 15.6. The lowest BCUT2D eigenvalue weighted by molar-refractivity contribution is 0.0546. The minimum Gasteiger partial charge on any atom is -0.386 e. The van der Waals surface area contributed by atoms with E-state index in [-0.39, 0.29) is 23.0 Å². The van der Waals surface area contributed by atoms with Crippen LogP contribution >= 0.6 is 0 Å². The van der Waals surface area contributed by atoms with Crippen LogP contribution in [0, 0.1) is 62.8 Å². The van der Waals surface area contributed by atoms with Crippen molar-refractivity contribution in [1.82, 2.24) is 29.4 Å². The number of hydrogen-bond acceptors (Lipinski definition) is 10. The largest absolute Gasteiger partial charge is 0.386 e. The lowest BCUT2D eigenvalue weighted by Gasteiger charge is -2.33. The van der Waals surface area contributed by atoms with Gasteiger partial charge < -0.3 is 37.9 Å². The minimum absolute atomic E-state index is 0.0117. The number of hydrogen-bond donors (Lipinski definition) is 2. The molecule has 2 aliphatic heterocycles. The molecule has 10 aromatic rings. The Kier molecular flexibility index (Phi) is 13.9. The number of aryl methyl sites for hydroxylation is 4. The molecule has 0 amide bonds. The summed E-state index contributed by atoms with van der Waals surface area (Å²) in [5.74, 6) is -2.12. The van der Waals surface area contributed by atoms with E-state index in [4.69, 9.17) is 28.5 Å². The fraction of sp³-hybridized carbons (Fsp3) is 0.355. The molecule has 2 fully saturated rings. The second-order valence-electron chi connectivity index (χ2n) is 22.0. The van der Waals surface area contributed by atoms with Crippen LogP contribution in [-0.2, 0) is 20.7 Å². The molecule has 12 rings (SSSR count). The van der Waals surface area contributed by atoms with E-state index in [2.05, 4.69) is 19.4 Å². The lowest BCUT2D eigenvalue weighted by atomic mass is 9.86. The zero-order chi connectivity index (χ0) is 54.9. The Morgan fingerprint density at radius 1 is 0.526 bits per heavy atom. The molecule has 8 heterocycles. The Labute approximate surface area is 448 Å². The third-order valence-corrected chi connectivity index (χ3v) is 15.9. The Morgan fingerprint density at radius 2 is 0.910 bits per heavy atom. The van der Waals surface area contributed by atoms with Gasteiger partial charge in [-0.05, 0) is 140 Å². The molecule has 4 aromatic carbocycles. The Balaban J connectivity index is 0.000000165. The van der Waals surface area contributed by atoms with Gasteiger partial charge in [0.2, 0.25) is 0 Å². The molecule has 16 heteroatoms. The third-order valence-electron chi connectivity index (χ3n) is 15.9. The zero-order valence-corrected chi connectivity index (χ0v) is 44.9. The molecular weight excluding hydrogens is 1000 g/mol. The predicted octanol–water partition coefficient (Wildman–Crippen LogP) is 14.0. The summed E-state index contributed by atoms with van der Waals surface area (Å²) >= 11 is 0. The second kappa shape index (κ2) is 20.5. The van der Waals surface area contributed by atoms with Gasteiger partial charge in [0.25, 0.3) is 0 Å². The van der Waals surface area contributed by atoms with E-state index in [0.29, 0.717) is 63.6 Å². The van der Waals surface area contributed by atoms with Crippen molar-refractivity contribution in [3.63, 3.8) is 0 Å². The fourth-order valence-corrected chi connectivity index (χ4v) is 12.0. The van der Waals surface area contributed by atoms with Gasteiger partial charge in [-0.15, -0.1) is 0 Å². The zero-order valence-electron chi connectivity index (χ0n) is 44.9. The summed E-state index contributed by atoms with van der Waals surface area (Å²) in [7, 11) is 0. The molecule has 2 saturated heterocycles. The van der Waals surface area contributed by atoms with E-state index in [0.717, 1.165) is 101 Å². The molecule has 0 radical (unpaired) electrons. The minimum atomic E-state index is -1.09. The molecule has 2 atom stereocenters. The average molecular weight is 1060 g/mol. The van der Waals surface area contributed by atoms with Crippen LogP contribution in [0.4, 0.5) is 17.6 Å². The van der Waals surface area contributed by atoms with Gasteiger partial charge in [0, 0.05) is 83.0 Å². The second-order valence-corrected chi connectivity index (χ2v) is 22.0. The first kappa shape index (κ1) is 52.8. The van der Waals surface area contributed by atoms with E-state index in [1.165, 1.54) is 0 Å². The fourth-order valence-electron chi connectivity index (χ4n) is 12.0. The summed E-state index contributed by atoms with van der Waals surface area (Å²) in [5.41, 5.74) is 9.37. The van der Waals surface area contributed by atoms with Gasteiger partial charge in [-0.25, -0.2) is 17.6 Å². The number of aromatic nitrogens is 6. The monoisotopic (exact) mass is 1060 g/mol. The van der Waals surface area contributed by atoms with Crippen molar-refractivity contribution in [3.8, 4) is 22.3 Å². The van der Waals surface area contributed by atoms with Crippen molar-refractivity contribution in [2.45, 2.75) is 104 Å². The van der Waals surface area contributed by atoms with Crippen molar-refractivity contribution in [3.05, 3.63) is 166 Å². The van der Waals surface area contributed by atoms with Gasteiger partial charge in [0.1, 0.15) is 11.5 Å². The quantitative estimate of drug-likeness (QED) is 0.127. The summed E-state index contributed by atoms with van der Waals surface area (Å²) < 4.78 is 86.8. The van der Waals surface area contributed by atoms with Gasteiger partial charge in [-0.1, -0.05) is 58.8 Å². The first-order valence-electron chi connectivity index (χ1n) is 26.5. The van der Waals surface area contributed by atoms with Crippen LogP contribution in [0.1, 0.15) is 111 Å². The number of nitrogens with zero attached hydrogens (tertiary/aromatic N) is 6. The topological polar surface area (TPSA) is 147 Å². The Morgan fingerprint density at radius 3 is 1.26 bits per heavy atom. The van der Waals surface area contributed by atoms with Gasteiger partial charge in [0.15, 0.2) is 23.3 Å². The third kappa shape index (κ3) is 9.45. The summed E-state index contributed by atoms with van der Waals surface area (Å²) in [4.78, 5) is 9.75. The van der Waals surface area contributed by atoms with Gasteiger partial charge >= 0.3 is 0 Å². The maximum absolute atomic E-state index is 15.6. The van der Waals surface area contributed by atoms with Crippen LogP contribution in [0.15, 0.2) is 106 Å². The van der Waals surface area contributed by atoms with Gasteiger partial charge in [0.05, 0.1) is 67.8 Å². The molecule has 6 aromatic heterocycles. The normalized spacial score (nSPS) is 15.9. The lowest BCUT2D eigenvalue weighted by Crippen LogP contribution is -2.28. The highest BCUT2D eigenvalue weighted by Crippen LogP contribution is 2.46. The highest BCUT2D eigenvalue weighted by molar-refractivity contribution is 6.08. The van der Waals surface area contributed by atoms with E-state index < -0.39 is 46.6 Å². The van der Waals surface area contributed by atoms with Crippen molar-refractivity contribution in [2.75, 3.05) is 26.4 Å². The van der Waals surface area contributed by atoms with Crippen molar-refractivity contribution < 1.29 is 46.3 Å². The number of halogens is 4. The molecule has 404 valence electrons. The highest BCUT2D eigenvalue weighted by atomic mass is 19.2. The van der Waals surface area contributed by atoms with Crippen molar-refractivity contribution >= 4 is 43.9 Å². The van der Waals surface area contributed by atoms with Gasteiger partial charge in [-0.3, -0.25) is 9.97 Å².